The molecular formula is C18H16N2O4S2. The Kier molecular flexibility index (Phi) is 5.48. The van der Waals surface area contributed by atoms with Crippen LogP contribution in [0.25, 0.3) is 11.1 Å². The Balaban J connectivity index is 1.75. The number of thiophene rings is 1. The Morgan fingerprint density at radius 2 is 1.81 bits per heavy atom. The zero-order chi connectivity index (χ0) is 18.6. The fourth-order valence-electron chi connectivity index (χ4n) is 2.35. The van der Waals surface area contributed by atoms with Crippen LogP contribution in [0.1, 0.15) is 10.4 Å². The topological polar surface area (TPSA) is 84.5 Å². The molecular weight excluding hydrogens is 372 g/mol. The lowest BCUT2D eigenvalue weighted by molar-refractivity contribution is 0.102. The van der Waals surface area contributed by atoms with Gasteiger partial charge in [0.15, 0.2) is 0 Å². The molecule has 0 aliphatic heterocycles. The molecule has 0 saturated carbocycles. The van der Waals surface area contributed by atoms with Gasteiger partial charge in [0.2, 0.25) is 0 Å². The van der Waals surface area contributed by atoms with E-state index in [1.54, 1.807) is 17.4 Å². The van der Waals surface area contributed by atoms with Gasteiger partial charge in [-0.3, -0.25) is 9.63 Å². The molecule has 134 valence electrons. The highest BCUT2D eigenvalue weighted by atomic mass is 32.2. The first-order chi connectivity index (χ1) is 12.5. The Labute approximate surface area is 155 Å². The number of nitrogens with one attached hydrogen (secondary N) is 2. The summed E-state index contributed by atoms with van der Waals surface area (Å²) in [6.45, 7) is 0. The molecule has 3 rings (SSSR count). The molecule has 0 atom stereocenters. The molecule has 26 heavy (non-hydrogen) atoms. The third kappa shape index (κ3) is 4.17. The zero-order valence-corrected chi connectivity index (χ0v) is 15.4. The highest BCUT2D eigenvalue weighted by Crippen LogP contribution is 2.25. The quantitative estimate of drug-likeness (QED) is 0.633. The van der Waals surface area contributed by atoms with E-state index in [1.165, 1.54) is 31.4 Å². The molecule has 0 radical (unpaired) electrons. The Bertz CT molecular complexity index is 998. The fourth-order valence-corrected chi connectivity index (χ4v) is 3.83. The smallest absolute Gasteiger partial charge is 0.262 e. The van der Waals surface area contributed by atoms with E-state index in [9.17, 15) is 13.2 Å². The summed E-state index contributed by atoms with van der Waals surface area (Å²) in [5.41, 5.74) is 3.11. The Morgan fingerprint density at radius 3 is 2.46 bits per heavy atom. The van der Waals surface area contributed by atoms with Gasteiger partial charge in [0.05, 0.1) is 12.0 Å². The molecule has 3 aromatic rings. The number of benzene rings is 2. The highest BCUT2D eigenvalue weighted by molar-refractivity contribution is 7.89. The van der Waals surface area contributed by atoms with Crippen molar-refractivity contribution in [2.45, 2.75) is 4.90 Å². The largest absolute Gasteiger partial charge is 0.322 e. The Hall–Kier alpha value is -2.52. The van der Waals surface area contributed by atoms with Gasteiger partial charge >= 0.3 is 0 Å². The number of sulfonamides is 1. The SMILES string of the molecule is CONS(=O)(=O)c1ccc(C(=O)Nc2cccc(-c3ccsc3)c2)cc1. The van der Waals surface area contributed by atoms with Crippen LogP contribution >= 0.6 is 11.3 Å². The molecule has 0 spiro atoms. The summed E-state index contributed by atoms with van der Waals surface area (Å²) < 4.78 is 23.6. The van der Waals surface area contributed by atoms with Crippen LogP contribution in [0.15, 0.2) is 70.3 Å². The number of anilines is 1. The van der Waals surface area contributed by atoms with Gasteiger partial charge < -0.3 is 5.32 Å². The second kappa shape index (κ2) is 7.79. The number of hydrogen-bond donors (Lipinski definition) is 2. The summed E-state index contributed by atoms with van der Waals surface area (Å²) in [4.78, 5) is 18.8. The number of carbonyl (C=O) groups excluding carboxylic acids is 1. The summed E-state index contributed by atoms with van der Waals surface area (Å²) in [6.07, 6.45) is 0. The standard InChI is InChI=1S/C18H16N2O4S2/c1-24-20-26(22,23)17-7-5-13(6-8-17)18(21)19-16-4-2-3-14(11-16)15-9-10-25-12-15/h2-12,20H,1H3,(H,19,21). The van der Waals surface area contributed by atoms with Crippen LogP contribution in [-0.2, 0) is 14.9 Å². The fraction of sp³-hybridized carbons (Fsp3) is 0.0556. The normalized spacial score (nSPS) is 11.3. The van der Waals surface area contributed by atoms with E-state index in [4.69, 9.17) is 0 Å². The van der Waals surface area contributed by atoms with Gasteiger partial charge in [0, 0.05) is 11.3 Å². The molecule has 6 nitrogen and oxygen atoms in total. The average molecular weight is 388 g/mol. The van der Waals surface area contributed by atoms with Crippen molar-refractivity contribution >= 4 is 33.0 Å². The van der Waals surface area contributed by atoms with Gasteiger partial charge in [-0.25, -0.2) is 8.42 Å². The average Bonchev–Trinajstić information content (AvgIpc) is 3.17. The first-order valence-corrected chi connectivity index (χ1v) is 10.0. The minimum Gasteiger partial charge on any atom is -0.322 e. The van der Waals surface area contributed by atoms with Gasteiger partial charge in [-0.1, -0.05) is 17.0 Å². The zero-order valence-electron chi connectivity index (χ0n) is 13.8. The van der Waals surface area contributed by atoms with Gasteiger partial charge in [0.25, 0.3) is 15.9 Å². The second-order valence-corrected chi connectivity index (χ2v) is 7.79. The van der Waals surface area contributed by atoms with Crippen LogP contribution in [0.3, 0.4) is 0 Å². The molecule has 2 aromatic carbocycles. The van der Waals surface area contributed by atoms with E-state index < -0.39 is 10.0 Å². The molecule has 0 saturated heterocycles. The van der Waals surface area contributed by atoms with Crippen LogP contribution in [-0.4, -0.2) is 21.4 Å². The molecule has 8 heteroatoms. The summed E-state index contributed by atoms with van der Waals surface area (Å²) in [5.74, 6) is -0.323. The lowest BCUT2D eigenvalue weighted by atomic mass is 10.1. The van der Waals surface area contributed by atoms with E-state index in [0.717, 1.165) is 11.1 Å². The van der Waals surface area contributed by atoms with E-state index in [2.05, 4.69) is 10.2 Å². The number of amides is 1. The van der Waals surface area contributed by atoms with Crippen molar-refractivity contribution in [1.29, 1.82) is 0 Å². The van der Waals surface area contributed by atoms with Crippen LogP contribution < -0.4 is 10.2 Å². The van der Waals surface area contributed by atoms with Crippen molar-refractivity contribution in [3.63, 3.8) is 0 Å². The molecule has 0 aliphatic rings. The maximum atomic E-state index is 12.4. The van der Waals surface area contributed by atoms with Crippen LogP contribution in [0.4, 0.5) is 5.69 Å². The Morgan fingerprint density at radius 1 is 1.04 bits per heavy atom. The van der Waals surface area contributed by atoms with Gasteiger partial charge in [-0.05, 0) is 64.4 Å². The van der Waals surface area contributed by atoms with Crippen molar-refractivity contribution in [2.24, 2.45) is 0 Å². The monoisotopic (exact) mass is 388 g/mol. The molecule has 0 aliphatic carbocycles. The predicted molar refractivity (Wildman–Crippen MR) is 101 cm³/mol. The molecule has 1 amide bonds. The third-order valence-corrected chi connectivity index (χ3v) is 5.56. The minimum absolute atomic E-state index is 0.00959. The van der Waals surface area contributed by atoms with E-state index in [1.807, 2.05) is 39.9 Å². The van der Waals surface area contributed by atoms with E-state index in [-0.39, 0.29) is 10.8 Å². The lowest BCUT2D eigenvalue weighted by Gasteiger charge is -2.08. The summed E-state index contributed by atoms with van der Waals surface area (Å²) in [6, 6.07) is 15.1. The van der Waals surface area contributed by atoms with Crippen molar-refractivity contribution < 1.29 is 18.0 Å². The highest BCUT2D eigenvalue weighted by Gasteiger charge is 2.14. The number of rotatable bonds is 6. The van der Waals surface area contributed by atoms with Crippen molar-refractivity contribution in [3.05, 3.63) is 70.9 Å². The van der Waals surface area contributed by atoms with Crippen molar-refractivity contribution in [3.8, 4) is 11.1 Å². The maximum absolute atomic E-state index is 12.4. The van der Waals surface area contributed by atoms with Crippen LogP contribution in [0, 0.1) is 0 Å². The first kappa shape index (κ1) is 18.3. The first-order valence-electron chi connectivity index (χ1n) is 7.58. The molecule has 1 heterocycles. The minimum atomic E-state index is -3.75. The van der Waals surface area contributed by atoms with E-state index >= 15 is 0 Å². The lowest BCUT2D eigenvalue weighted by Crippen LogP contribution is -2.22. The van der Waals surface area contributed by atoms with Crippen molar-refractivity contribution in [1.82, 2.24) is 4.89 Å². The summed E-state index contributed by atoms with van der Waals surface area (Å²) >= 11 is 1.61. The van der Waals surface area contributed by atoms with Crippen LogP contribution in [0.2, 0.25) is 0 Å². The molecule has 0 fully saturated rings. The third-order valence-electron chi connectivity index (χ3n) is 3.59. The molecule has 0 bridgehead atoms. The number of hydrogen-bond acceptors (Lipinski definition) is 5. The van der Waals surface area contributed by atoms with E-state index in [0.29, 0.717) is 11.3 Å². The predicted octanol–water partition coefficient (Wildman–Crippen LogP) is 3.51. The van der Waals surface area contributed by atoms with Gasteiger partial charge in [0.1, 0.15) is 0 Å². The summed E-state index contributed by atoms with van der Waals surface area (Å²) in [5, 5.41) is 6.85. The number of carbonyl (C=O) groups is 1. The molecule has 0 unspecified atom stereocenters. The second-order valence-electron chi connectivity index (χ2n) is 5.36. The maximum Gasteiger partial charge on any atom is 0.262 e. The summed E-state index contributed by atoms with van der Waals surface area (Å²) in [7, 11) is -2.53. The van der Waals surface area contributed by atoms with Crippen molar-refractivity contribution in [2.75, 3.05) is 12.4 Å². The van der Waals surface area contributed by atoms with Crippen LogP contribution in [0.5, 0.6) is 0 Å². The van der Waals surface area contributed by atoms with Gasteiger partial charge in [-0.2, -0.15) is 11.3 Å². The molecule has 1 aromatic heterocycles. The molecule has 2 N–H and O–H groups in total. The van der Waals surface area contributed by atoms with Gasteiger partial charge in [-0.15, -0.1) is 0 Å².